The number of rotatable bonds is 7. The summed E-state index contributed by atoms with van der Waals surface area (Å²) in [7, 11) is 0. The van der Waals surface area contributed by atoms with Crippen molar-refractivity contribution in [1.29, 1.82) is 0 Å². The molecule has 186 valence electrons. The van der Waals surface area contributed by atoms with Gasteiger partial charge >= 0.3 is 0 Å². The molecule has 2 aromatic carbocycles. The van der Waals surface area contributed by atoms with Crippen molar-refractivity contribution in [3.8, 4) is 17.1 Å². The summed E-state index contributed by atoms with van der Waals surface area (Å²) >= 11 is 1.58. The molecule has 1 aromatic heterocycles. The number of ether oxygens (including phenoxy) is 1. The summed E-state index contributed by atoms with van der Waals surface area (Å²) in [4.78, 5) is 4.83. The van der Waals surface area contributed by atoms with E-state index in [4.69, 9.17) is 9.72 Å². The molecular weight excluding hydrogens is 464 g/mol. The molecular formula is C30H34N4OS. The molecule has 3 aromatic rings. The molecule has 2 aliphatic rings. The molecule has 1 aliphatic heterocycles. The first kappa shape index (κ1) is 24.6. The van der Waals surface area contributed by atoms with Crippen LogP contribution in [0.2, 0.25) is 0 Å². The Bertz CT molecular complexity index is 1250. The Hall–Kier alpha value is -3.12. The maximum absolute atomic E-state index is 6.61. The summed E-state index contributed by atoms with van der Waals surface area (Å²) in [5.41, 5.74) is 6.89. The topological polar surface area (TPSA) is 59.9 Å². The second kappa shape index (κ2) is 11.3. The standard InChI is InChI=1S/C30H34N4OS/c1-20(2)10-9-13-22-16-17-24(21(3)18-22)28-31-26-15-8-7-14-25(26)27-29(35-28)32-30(34-33-27)36-19-23-11-5-4-6-12-23/h4-8,10-12,14-16,21,24,28,31H,9,13,17-19H2,1-3H3. The van der Waals surface area contributed by atoms with Gasteiger partial charge in [-0.05, 0) is 57.1 Å². The van der Waals surface area contributed by atoms with E-state index in [2.05, 4.69) is 84.8 Å². The third-order valence-corrected chi connectivity index (χ3v) is 7.87. The number of allylic oxidation sites excluding steroid dienone is 4. The summed E-state index contributed by atoms with van der Waals surface area (Å²) in [6, 6.07) is 18.6. The Kier molecular flexibility index (Phi) is 7.71. The Morgan fingerprint density at radius 3 is 2.69 bits per heavy atom. The highest BCUT2D eigenvalue weighted by Crippen LogP contribution is 2.41. The molecule has 0 amide bonds. The second-order valence-electron chi connectivity index (χ2n) is 10.0. The average molecular weight is 499 g/mol. The van der Waals surface area contributed by atoms with E-state index in [0.29, 0.717) is 28.6 Å². The van der Waals surface area contributed by atoms with Crippen LogP contribution >= 0.6 is 11.8 Å². The molecule has 5 nitrogen and oxygen atoms in total. The van der Waals surface area contributed by atoms with Crippen LogP contribution in [0.4, 0.5) is 5.69 Å². The summed E-state index contributed by atoms with van der Waals surface area (Å²) in [6.45, 7) is 6.69. The summed E-state index contributed by atoms with van der Waals surface area (Å²) in [6.07, 6.45) is 8.96. The van der Waals surface area contributed by atoms with Gasteiger partial charge in [-0.15, -0.1) is 10.2 Å². The van der Waals surface area contributed by atoms with Crippen LogP contribution in [0, 0.1) is 11.8 Å². The van der Waals surface area contributed by atoms with Gasteiger partial charge in [0.2, 0.25) is 11.0 Å². The Morgan fingerprint density at radius 2 is 1.89 bits per heavy atom. The Balaban J connectivity index is 1.37. The number of benzene rings is 2. The van der Waals surface area contributed by atoms with Crippen molar-refractivity contribution in [2.75, 3.05) is 5.32 Å². The monoisotopic (exact) mass is 498 g/mol. The second-order valence-corrected chi connectivity index (χ2v) is 11.0. The van der Waals surface area contributed by atoms with Crippen LogP contribution < -0.4 is 10.1 Å². The molecule has 36 heavy (non-hydrogen) atoms. The van der Waals surface area contributed by atoms with Crippen LogP contribution in [0.1, 0.15) is 52.0 Å². The van der Waals surface area contributed by atoms with Gasteiger partial charge in [-0.25, -0.2) is 0 Å². The molecule has 0 fully saturated rings. The van der Waals surface area contributed by atoms with E-state index in [1.54, 1.807) is 17.3 Å². The number of hydrogen-bond donors (Lipinski definition) is 1. The van der Waals surface area contributed by atoms with E-state index in [1.165, 1.54) is 11.1 Å². The van der Waals surface area contributed by atoms with E-state index in [9.17, 15) is 0 Å². The summed E-state index contributed by atoms with van der Waals surface area (Å²) in [5, 5.41) is 13.3. The minimum atomic E-state index is -0.179. The zero-order chi connectivity index (χ0) is 24.9. The van der Waals surface area contributed by atoms with Crippen LogP contribution in [0.3, 0.4) is 0 Å². The zero-order valence-electron chi connectivity index (χ0n) is 21.3. The lowest BCUT2D eigenvalue weighted by molar-refractivity contribution is 0.114. The van der Waals surface area contributed by atoms with E-state index < -0.39 is 0 Å². The fourth-order valence-electron chi connectivity index (χ4n) is 5.00. The van der Waals surface area contributed by atoms with Crippen molar-refractivity contribution >= 4 is 17.4 Å². The molecule has 0 bridgehead atoms. The van der Waals surface area contributed by atoms with Crippen molar-refractivity contribution in [2.45, 2.75) is 63.6 Å². The first-order valence-electron chi connectivity index (χ1n) is 12.8. The fraction of sp³-hybridized carbons (Fsp3) is 0.367. The molecule has 1 N–H and O–H groups in total. The number of para-hydroxylation sites is 1. The van der Waals surface area contributed by atoms with Crippen molar-refractivity contribution in [3.63, 3.8) is 0 Å². The van der Waals surface area contributed by atoms with Gasteiger partial charge in [-0.2, -0.15) is 4.98 Å². The molecule has 2 heterocycles. The van der Waals surface area contributed by atoms with Gasteiger partial charge < -0.3 is 10.1 Å². The molecule has 3 atom stereocenters. The Labute approximate surface area is 218 Å². The van der Waals surface area contributed by atoms with E-state index in [0.717, 1.165) is 42.7 Å². The van der Waals surface area contributed by atoms with Crippen molar-refractivity contribution in [1.82, 2.24) is 15.2 Å². The van der Waals surface area contributed by atoms with Gasteiger partial charge in [-0.3, -0.25) is 0 Å². The summed E-state index contributed by atoms with van der Waals surface area (Å²) in [5.74, 6) is 2.20. The van der Waals surface area contributed by atoms with Gasteiger partial charge in [0.1, 0.15) is 0 Å². The van der Waals surface area contributed by atoms with Crippen LogP contribution in [0.25, 0.3) is 11.3 Å². The van der Waals surface area contributed by atoms with Crippen LogP contribution in [-0.4, -0.2) is 21.4 Å². The highest BCUT2D eigenvalue weighted by Gasteiger charge is 2.34. The lowest BCUT2D eigenvalue weighted by Crippen LogP contribution is -2.39. The van der Waals surface area contributed by atoms with E-state index >= 15 is 0 Å². The molecule has 1 aliphatic carbocycles. The van der Waals surface area contributed by atoms with Gasteiger partial charge in [0, 0.05) is 22.9 Å². The van der Waals surface area contributed by atoms with Crippen LogP contribution in [-0.2, 0) is 5.75 Å². The van der Waals surface area contributed by atoms with Gasteiger partial charge in [0.15, 0.2) is 11.9 Å². The van der Waals surface area contributed by atoms with Crippen LogP contribution in [0.15, 0.2) is 83.1 Å². The van der Waals surface area contributed by atoms with E-state index in [-0.39, 0.29) is 6.23 Å². The van der Waals surface area contributed by atoms with Crippen molar-refractivity contribution < 1.29 is 4.74 Å². The molecule has 0 spiro atoms. The number of anilines is 1. The van der Waals surface area contributed by atoms with Crippen molar-refractivity contribution in [2.24, 2.45) is 11.8 Å². The minimum absolute atomic E-state index is 0.179. The molecule has 0 radical (unpaired) electrons. The number of thioether (sulfide) groups is 1. The third-order valence-electron chi connectivity index (χ3n) is 6.97. The average Bonchev–Trinajstić information content (AvgIpc) is 3.04. The highest BCUT2D eigenvalue weighted by atomic mass is 32.2. The zero-order valence-corrected chi connectivity index (χ0v) is 22.1. The number of fused-ring (bicyclic) bond motifs is 3. The van der Waals surface area contributed by atoms with Gasteiger partial charge in [0.05, 0.1) is 0 Å². The SMILES string of the molecule is CC(C)=CCCC1=CCC(C2Nc3ccccc3-c3nnc(SCc4ccccc4)nc3O2)C(C)C1. The lowest BCUT2D eigenvalue weighted by Gasteiger charge is -2.35. The minimum Gasteiger partial charge on any atom is -0.452 e. The fourth-order valence-corrected chi connectivity index (χ4v) is 5.74. The predicted octanol–water partition coefficient (Wildman–Crippen LogP) is 7.68. The molecule has 6 heteroatoms. The number of nitrogens with one attached hydrogen (secondary N) is 1. The summed E-state index contributed by atoms with van der Waals surface area (Å²) < 4.78 is 6.61. The lowest BCUT2D eigenvalue weighted by atomic mass is 9.78. The maximum atomic E-state index is 6.61. The Morgan fingerprint density at radius 1 is 1.08 bits per heavy atom. The smallest absolute Gasteiger partial charge is 0.247 e. The number of aromatic nitrogens is 3. The number of nitrogens with zero attached hydrogens (tertiary/aromatic N) is 3. The quantitative estimate of drug-likeness (QED) is 0.266. The predicted molar refractivity (Wildman–Crippen MR) is 148 cm³/mol. The first-order valence-corrected chi connectivity index (χ1v) is 13.8. The maximum Gasteiger partial charge on any atom is 0.247 e. The van der Waals surface area contributed by atoms with Crippen LogP contribution in [0.5, 0.6) is 5.88 Å². The molecule has 0 saturated carbocycles. The number of hydrogen-bond acceptors (Lipinski definition) is 6. The largest absolute Gasteiger partial charge is 0.452 e. The molecule has 3 unspecified atom stereocenters. The van der Waals surface area contributed by atoms with Gasteiger partial charge in [-0.1, -0.05) is 90.5 Å². The van der Waals surface area contributed by atoms with E-state index in [1.807, 2.05) is 18.2 Å². The highest BCUT2D eigenvalue weighted by molar-refractivity contribution is 7.98. The molecule has 5 rings (SSSR count). The van der Waals surface area contributed by atoms with Crippen molar-refractivity contribution in [3.05, 3.63) is 83.5 Å². The first-order chi connectivity index (χ1) is 17.6. The normalized spacial score (nSPS) is 20.6. The third kappa shape index (κ3) is 5.81. The van der Waals surface area contributed by atoms with Gasteiger partial charge in [0.25, 0.3) is 0 Å². The molecule has 0 saturated heterocycles.